The third kappa shape index (κ3) is 10.4. The summed E-state index contributed by atoms with van der Waals surface area (Å²) in [7, 11) is 0. The summed E-state index contributed by atoms with van der Waals surface area (Å²) >= 11 is 0. The van der Waals surface area contributed by atoms with E-state index in [0.717, 1.165) is 37.0 Å². The minimum absolute atomic E-state index is 0.291. The molecule has 10 heteroatoms. The van der Waals surface area contributed by atoms with Crippen molar-refractivity contribution in [1.82, 2.24) is 0 Å². The van der Waals surface area contributed by atoms with E-state index in [1.165, 1.54) is 30.5 Å². The standard InChI is InChI=1S/C36H37NO9/c1-2-42-23-7-8-25-44-30-15-11-28(12-16-30)36(41)46-32-19-17-31(18-20-32)43-24-5-3-4-6-26-45-35(40)27-9-13-29(14-10-27)37-33(38)21-22-34(37)39/h2,9-22H,1,3-8,23-26H2. The van der Waals surface area contributed by atoms with Crippen molar-refractivity contribution in [2.75, 3.05) is 31.3 Å². The van der Waals surface area contributed by atoms with Crippen LogP contribution in [0.3, 0.4) is 0 Å². The Kier molecular flexibility index (Phi) is 13.0. The van der Waals surface area contributed by atoms with Crippen LogP contribution in [-0.4, -0.2) is 50.2 Å². The summed E-state index contributed by atoms with van der Waals surface area (Å²) in [6, 6.07) is 19.9. The third-order valence-corrected chi connectivity index (χ3v) is 6.88. The lowest BCUT2D eigenvalue weighted by molar-refractivity contribution is -0.120. The Morgan fingerprint density at radius 2 is 1.07 bits per heavy atom. The highest BCUT2D eigenvalue weighted by atomic mass is 16.5. The number of hydrogen-bond donors (Lipinski definition) is 0. The van der Waals surface area contributed by atoms with Gasteiger partial charge in [0.15, 0.2) is 0 Å². The van der Waals surface area contributed by atoms with Crippen molar-refractivity contribution in [3.05, 3.63) is 109 Å². The Balaban J connectivity index is 1.05. The van der Waals surface area contributed by atoms with Gasteiger partial charge in [0, 0.05) is 12.2 Å². The number of imide groups is 1. The molecular formula is C36H37NO9. The maximum Gasteiger partial charge on any atom is 0.343 e. The van der Waals surface area contributed by atoms with Gasteiger partial charge >= 0.3 is 11.9 Å². The molecular weight excluding hydrogens is 590 g/mol. The molecule has 10 nitrogen and oxygen atoms in total. The fourth-order valence-electron chi connectivity index (χ4n) is 4.42. The number of nitrogens with zero attached hydrogens (tertiary/aromatic N) is 1. The Morgan fingerprint density at radius 3 is 1.67 bits per heavy atom. The van der Waals surface area contributed by atoms with E-state index < -0.39 is 23.8 Å². The van der Waals surface area contributed by atoms with Crippen molar-refractivity contribution < 1.29 is 42.9 Å². The molecule has 1 aliphatic rings. The molecule has 0 aromatic heterocycles. The summed E-state index contributed by atoms with van der Waals surface area (Å²) in [6.45, 7) is 5.49. The van der Waals surface area contributed by atoms with E-state index in [1.807, 2.05) is 0 Å². The molecule has 0 fully saturated rings. The molecule has 0 radical (unpaired) electrons. The highest BCUT2D eigenvalue weighted by Gasteiger charge is 2.25. The van der Waals surface area contributed by atoms with Crippen molar-refractivity contribution in [3.8, 4) is 17.2 Å². The Labute approximate surface area is 268 Å². The van der Waals surface area contributed by atoms with E-state index >= 15 is 0 Å². The molecule has 2 amide bonds. The molecule has 240 valence electrons. The van der Waals surface area contributed by atoms with Crippen molar-refractivity contribution in [3.63, 3.8) is 0 Å². The number of rotatable bonds is 19. The second-order valence-electron chi connectivity index (χ2n) is 10.3. The van der Waals surface area contributed by atoms with Crippen molar-refractivity contribution in [2.45, 2.75) is 38.5 Å². The summed E-state index contributed by atoms with van der Waals surface area (Å²) < 4.78 is 27.3. The lowest BCUT2D eigenvalue weighted by Gasteiger charge is -2.14. The van der Waals surface area contributed by atoms with Crippen LogP contribution in [0.1, 0.15) is 59.2 Å². The van der Waals surface area contributed by atoms with Gasteiger partial charge in [-0.05, 0) is 111 Å². The van der Waals surface area contributed by atoms with E-state index in [9.17, 15) is 19.2 Å². The summed E-state index contributed by atoms with van der Waals surface area (Å²) in [6.07, 6.45) is 8.89. The first-order valence-corrected chi connectivity index (χ1v) is 15.2. The smallest absolute Gasteiger partial charge is 0.343 e. The molecule has 0 bridgehead atoms. The Morgan fingerprint density at radius 1 is 0.587 bits per heavy atom. The van der Waals surface area contributed by atoms with E-state index in [1.54, 1.807) is 60.7 Å². The number of hydrogen-bond acceptors (Lipinski definition) is 9. The first kappa shape index (κ1) is 33.5. The van der Waals surface area contributed by atoms with Crippen LogP contribution in [0.4, 0.5) is 5.69 Å². The largest absolute Gasteiger partial charge is 0.502 e. The summed E-state index contributed by atoms with van der Waals surface area (Å²) in [5.41, 5.74) is 1.17. The van der Waals surface area contributed by atoms with E-state index in [-0.39, 0.29) is 0 Å². The zero-order valence-electron chi connectivity index (χ0n) is 25.6. The molecule has 0 atom stereocenters. The van der Waals surface area contributed by atoms with Gasteiger partial charge in [0.25, 0.3) is 11.8 Å². The van der Waals surface area contributed by atoms with Crippen LogP contribution in [0, 0.1) is 0 Å². The molecule has 46 heavy (non-hydrogen) atoms. The highest BCUT2D eigenvalue weighted by molar-refractivity contribution is 6.28. The lowest BCUT2D eigenvalue weighted by Crippen LogP contribution is -2.29. The minimum Gasteiger partial charge on any atom is -0.502 e. The zero-order chi connectivity index (χ0) is 32.6. The summed E-state index contributed by atoms with van der Waals surface area (Å²) in [5.74, 6) is 0.0283. The van der Waals surface area contributed by atoms with Gasteiger partial charge in [0.2, 0.25) is 0 Å². The fraction of sp³-hybridized carbons (Fsp3) is 0.278. The van der Waals surface area contributed by atoms with Crippen LogP contribution in [0.15, 0.2) is 97.8 Å². The first-order chi connectivity index (χ1) is 22.4. The molecule has 1 aliphatic heterocycles. The predicted molar refractivity (Wildman–Crippen MR) is 171 cm³/mol. The number of benzene rings is 3. The maximum atomic E-state index is 12.5. The average molecular weight is 628 g/mol. The molecule has 3 aromatic carbocycles. The zero-order valence-corrected chi connectivity index (χ0v) is 25.6. The Hall–Kier alpha value is -5.38. The molecule has 4 rings (SSSR count). The molecule has 3 aromatic rings. The number of esters is 2. The van der Waals surface area contributed by atoms with Crippen LogP contribution in [0.2, 0.25) is 0 Å². The molecule has 0 unspecified atom stereocenters. The number of amides is 2. The number of anilines is 1. The average Bonchev–Trinajstić information content (AvgIpc) is 3.42. The fourth-order valence-corrected chi connectivity index (χ4v) is 4.42. The van der Waals surface area contributed by atoms with Crippen LogP contribution in [-0.2, 0) is 19.1 Å². The van der Waals surface area contributed by atoms with Gasteiger partial charge in [-0.1, -0.05) is 6.58 Å². The van der Waals surface area contributed by atoms with E-state index in [0.29, 0.717) is 66.9 Å². The number of ether oxygens (including phenoxy) is 5. The predicted octanol–water partition coefficient (Wildman–Crippen LogP) is 6.45. The third-order valence-electron chi connectivity index (χ3n) is 6.88. The van der Waals surface area contributed by atoms with Crippen molar-refractivity contribution in [1.29, 1.82) is 0 Å². The van der Waals surface area contributed by atoms with E-state index in [4.69, 9.17) is 23.7 Å². The topological polar surface area (TPSA) is 118 Å². The van der Waals surface area contributed by atoms with E-state index in [2.05, 4.69) is 6.58 Å². The Bertz CT molecular complexity index is 1480. The van der Waals surface area contributed by atoms with Gasteiger partial charge in [-0.2, -0.15) is 0 Å². The quantitative estimate of drug-likeness (QED) is 0.0486. The molecule has 1 heterocycles. The molecule has 0 aliphatic carbocycles. The SMILES string of the molecule is C=COCCCCOc1ccc(C(=O)Oc2ccc(OCCCCCCOC(=O)c3ccc(N4C(=O)C=CC4=O)cc3)cc2)cc1. The van der Waals surface area contributed by atoms with Crippen LogP contribution in [0.25, 0.3) is 0 Å². The highest BCUT2D eigenvalue weighted by Crippen LogP contribution is 2.21. The molecule has 0 saturated carbocycles. The van der Waals surface area contributed by atoms with Gasteiger partial charge < -0.3 is 23.7 Å². The van der Waals surface area contributed by atoms with Gasteiger partial charge in [-0.15, -0.1) is 0 Å². The van der Waals surface area contributed by atoms with Crippen molar-refractivity contribution in [2.24, 2.45) is 0 Å². The number of unbranched alkanes of at least 4 members (excludes halogenated alkanes) is 4. The molecule has 0 N–H and O–H groups in total. The molecule has 0 spiro atoms. The van der Waals surface area contributed by atoms with Crippen LogP contribution >= 0.6 is 0 Å². The van der Waals surface area contributed by atoms with Crippen LogP contribution in [0.5, 0.6) is 17.2 Å². The lowest BCUT2D eigenvalue weighted by atomic mass is 10.2. The monoisotopic (exact) mass is 627 g/mol. The van der Waals surface area contributed by atoms with Crippen LogP contribution < -0.4 is 19.1 Å². The second-order valence-corrected chi connectivity index (χ2v) is 10.3. The summed E-state index contributed by atoms with van der Waals surface area (Å²) in [4.78, 5) is 49.4. The normalized spacial score (nSPS) is 12.1. The van der Waals surface area contributed by atoms with Crippen molar-refractivity contribution >= 4 is 29.4 Å². The van der Waals surface area contributed by atoms with Gasteiger partial charge in [-0.25, -0.2) is 14.5 Å². The first-order valence-electron chi connectivity index (χ1n) is 15.2. The number of carbonyl (C=O) groups excluding carboxylic acids is 4. The maximum absolute atomic E-state index is 12.5. The molecule has 0 saturated heterocycles. The minimum atomic E-state index is -0.462. The summed E-state index contributed by atoms with van der Waals surface area (Å²) in [5, 5.41) is 0. The van der Waals surface area contributed by atoms with Gasteiger partial charge in [0.1, 0.15) is 17.2 Å². The number of carbonyl (C=O) groups is 4. The van der Waals surface area contributed by atoms with Gasteiger partial charge in [-0.3, -0.25) is 9.59 Å². The van der Waals surface area contributed by atoms with Gasteiger partial charge in [0.05, 0.1) is 49.5 Å². The second kappa shape index (κ2) is 17.8.